The van der Waals surface area contributed by atoms with E-state index in [1.807, 2.05) is 6.07 Å². The van der Waals surface area contributed by atoms with Crippen LogP contribution in [0.4, 0.5) is 0 Å². The highest BCUT2D eigenvalue weighted by Gasteiger charge is 1.94. The van der Waals surface area contributed by atoms with Crippen molar-refractivity contribution in [2.75, 3.05) is 0 Å². The van der Waals surface area contributed by atoms with Crippen molar-refractivity contribution >= 4 is 28.4 Å². The molecule has 52 valence electrons. The van der Waals surface area contributed by atoms with Crippen molar-refractivity contribution in [2.24, 2.45) is 5.73 Å². The lowest BCUT2D eigenvalue weighted by Gasteiger charge is -1.94. The summed E-state index contributed by atoms with van der Waals surface area (Å²) < 4.78 is 1.04. The summed E-state index contributed by atoms with van der Waals surface area (Å²) in [6.07, 6.45) is 1.68. The van der Waals surface area contributed by atoms with Gasteiger partial charge in [0.25, 0.3) is 0 Å². The number of nitrogens with zero attached hydrogens (tertiary/aromatic N) is 1. The summed E-state index contributed by atoms with van der Waals surface area (Å²) in [4.78, 5) is 3.92. The van der Waals surface area contributed by atoms with E-state index < -0.39 is 0 Å². The van der Waals surface area contributed by atoms with E-state index in [1.165, 1.54) is 0 Å². The molecule has 3 nitrogen and oxygen atoms in total. The molecule has 1 aromatic heterocycles. The highest BCUT2D eigenvalue weighted by Crippen LogP contribution is 2.01. The predicted molar refractivity (Wildman–Crippen MR) is 48.0 cm³/mol. The molecule has 0 aliphatic rings. The number of halogens is 1. The average Bonchev–Trinajstić information content (AvgIpc) is 1.88. The minimum Gasteiger partial charge on any atom is -0.382 e. The number of amidine groups is 1. The molecule has 1 heterocycles. The van der Waals surface area contributed by atoms with E-state index in [-0.39, 0.29) is 5.84 Å². The summed E-state index contributed by atoms with van der Waals surface area (Å²) in [5.41, 5.74) is 5.71. The summed E-state index contributed by atoms with van der Waals surface area (Å²) in [5, 5.41) is 7.02. The minimum atomic E-state index is 0.0106. The van der Waals surface area contributed by atoms with Crippen LogP contribution in [0.25, 0.3) is 0 Å². The molecule has 0 unspecified atom stereocenters. The van der Waals surface area contributed by atoms with Crippen LogP contribution < -0.4 is 5.73 Å². The largest absolute Gasteiger partial charge is 0.382 e. The van der Waals surface area contributed by atoms with Crippen molar-refractivity contribution in [1.82, 2.24) is 4.98 Å². The van der Waals surface area contributed by atoms with E-state index >= 15 is 0 Å². The Hall–Kier alpha value is -0.650. The standard InChI is InChI=1S/C6H6IN3/c7-4-1-2-5(6(8)9)10-3-4/h1-3H,(H3,8,9). The van der Waals surface area contributed by atoms with E-state index in [1.54, 1.807) is 12.3 Å². The van der Waals surface area contributed by atoms with Gasteiger partial charge in [-0.2, -0.15) is 0 Å². The first-order valence-electron chi connectivity index (χ1n) is 2.66. The number of hydrogen-bond donors (Lipinski definition) is 2. The molecule has 0 fully saturated rings. The third kappa shape index (κ3) is 1.66. The fourth-order valence-corrected chi connectivity index (χ4v) is 0.854. The number of pyridine rings is 1. The molecule has 0 aliphatic heterocycles. The third-order valence-electron chi connectivity index (χ3n) is 1.00. The maximum Gasteiger partial charge on any atom is 0.141 e. The molecule has 0 saturated heterocycles. The Kier molecular flexibility index (Phi) is 2.21. The Morgan fingerprint density at radius 3 is 2.70 bits per heavy atom. The molecule has 0 aliphatic carbocycles. The van der Waals surface area contributed by atoms with Gasteiger partial charge in [0.15, 0.2) is 0 Å². The molecular formula is C6H6IN3. The van der Waals surface area contributed by atoms with Crippen LogP contribution in [0, 0.1) is 8.98 Å². The number of nitrogen functional groups attached to an aromatic ring is 1. The minimum absolute atomic E-state index is 0.0106. The van der Waals surface area contributed by atoms with Crippen molar-refractivity contribution in [1.29, 1.82) is 5.41 Å². The van der Waals surface area contributed by atoms with Gasteiger partial charge >= 0.3 is 0 Å². The van der Waals surface area contributed by atoms with Gasteiger partial charge in [-0.3, -0.25) is 10.4 Å². The average molecular weight is 247 g/mol. The van der Waals surface area contributed by atoms with Crippen molar-refractivity contribution in [2.45, 2.75) is 0 Å². The Bertz CT molecular complexity index is 242. The Labute approximate surface area is 72.3 Å². The van der Waals surface area contributed by atoms with Crippen LogP contribution in [0.3, 0.4) is 0 Å². The second kappa shape index (κ2) is 2.96. The predicted octanol–water partition coefficient (Wildman–Crippen LogP) is 0.970. The van der Waals surface area contributed by atoms with Crippen molar-refractivity contribution < 1.29 is 0 Å². The Balaban J connectivity index is 3.00. The van der Waals surface area contributed by atoms with Gasteiger partial charge in [0.2, 0.25) is 0 Å². The van der Waals surface area contributed by atoms with Crippen molar-refractivity contribution in [3.05, 3.63) is 27.6 Å². The van der Waals surface area contributed by atoms with E-state index in [9.17, 15) is 0 Å². The van der Waals surface area contributed by atoms with Crippen LogP contribution in [0.1, 0.15) is 5.69 Å². The maximum atomic E-state index is 7.02. The third-order valence-corrected chi connectivity index (χ3v) is 1.64. The van der Waals surface area contributed by atoms with E-state index in [2.05, 4.69) is 27.6 Å². The zero-order valence-electron chi connectivity index (χ0n) is 5.13. The normalized spacial score (nSPS) is 9.30. The molecule has 10 heavy (non-hydrogen) atoms. The zero-order valence-corrected chi connectivity index (χ0v) is 7.29. The lowest BCUT2D eigenvalue weighted by Crippen LogP contribution is -2.12. The topological polar surface area (TPSA) is 62.8 Å². The van der Waals surface area contributed by atoms with Crippen LogP contribution in [0.15, 0.2) is 18.3 Å². The summed E-state index contributed by atoms with van der Waals surface area (Å²) >= 11 is 2.15. The van der Waals surface area contributed by atoms with Gasteiger partial charge in [-0.15, -0.1) is 0 Å². The molecule has 0 atom stereocenters. The van der Waals surface area contributed by atoms with Crippen LogP contribution in [0.5, 0.6) is 0 Å². The maximum absolute atomic E-state index is 7.02. The number of rotatable bonds is 1. The molecule has 0 saturated carbocycles. The first kappa shape index (κ1) is 7.46. The fraction of sp³-hybridized carbons (Fsp3) is 0. The van der Waals surface area contributed by atoms with E-state index in [0.717, 1.165) is 3.57 Å². The zero-order chi connectivity index (χ0) is 7.56. The lowest BCUT2D eigenvalue weighted by molar-refractivity contribution is 1.24. The molecule has 1 rings (SSSR count). The van der Waals surface area contributed by atoms with Gasteiger partial charge in [0.1, 0.15) is 11.5 Å². The molecule has 0 radical (unpaired) electrons. The molecule has 0 amide bonds. The summed E-state index contributed by atoms with van der Waals surface area (Å²) in [6.45, 7) is 0. The van der Waals surface area contributed by atoms with Gasteiger partial charge in [-0.05, 0) is 34.7 Å². The molecule has 1 aromatic rings. The van der Waals surface area contributed by atoms with Crippen molar-refractivity contribution in [3.63, 3.8) is 0 Å². The summed E-state index contributed by atoms with van der Waals surface area (Å²) in [6, 6.07) is 3.59. The highest BCUT2D eigenvalue weighted by molar-refractivity contribution is 14.1. The van der Waals surface area contributed by atoms with Crippen molar-refractivity contribution in [3.8, 4) is 0 Å². The van der Waals surface area contributed by atoms with Gasteiger partial charge in [0.05, 0.1) is 0 Å². The van der Waals surface area contributed by atoms with Gasteiger partial charge in [0, 0.05) is 9.77 Å². The monoisotopic (exact) mass is 247 g/mol. The number of aromatic nitrogens is 1. The first-order valence-corrected chi connectivity index (χ1v) is 3.74. The molecule has 0 spiro atoms. The smallest absolute Gasteiger partial charge is 0.141 e. The van der Waals surface area contributed by atoms with Crippen LogP contribution in [-0.2, 0) is 0 Å². The lowest BCUT2D eigenvalue weighted by atomic mass is 10.3. The Morgan fingerprint density at radius 1 is 1.60 bits per heavy atom. The van der Waals surface area contributed by atoms with Gasteiger partial charge in [-0.1, -0.05) is 0 Å². The summed E-state index contributed by atoms with van der Waals surface area (Å²) in [7, 11) is 0. The molecule has 3 N–H and O–H groups in total. The highest BCUT2D eigenvalue weighted by atomic mass is 127. The van der Waals surface area contributed by atoms with Gasteiger partial charge in [-0.25, -0.2) is 0 Å². The number of nitrogens with two attached hydrogens (primary N) is 1. The fourth-order valence-electron chi connectivity index (χ4n) is 0.535. The van der Waals surface area contributed by atoms with E-state index in [4.69, 9.17) is 11.1 Å². The second-order valence-electron chi connectivity index (χ2n) is 1.78. The molecule has 4 heteroatoms. The van der Waals surface area contributed by atoms with Gasteiger partial charge < -0.3 is 5.73 Å². The van der Waals surface area contributed by atoms with Crippen LogP contribution in [0.2, 0.25) is 0 Å². The Morgan fingerprint density at radius 2 is 2.30 bits per heavy atom. The summed E-state index contributed by atoms with van der Waals surface area (Å²) in [5.74, 6) is 0.0106. The van der Waals surface area contributed by atoms with E-state index in [0.29, 0.717) is 5.69 Å². The van der Waals surface area contributed by atoms with Crippen LogP contribution >= 0.6 is 22.6 Å². The first-order chi connectivity index (χ1) is 4.70. The number of nitrogens with one attached hydrogen (secondary N) is 1. The quantitative estimate of drug-likeness (QED) is 0.441. The van der Waals surface area contributed by atoms with Crippen LogP contribution in [-0.4, -0.2) is 10.8 Å². The molecular weight excluding hydrogens is 241 g/mol. The molecule has 0 bridgehead atoms. The SMILES string of the molecule is N=C(N)c1ccc(I)cn1. The second-order valence-corrected chi connectivity index (χ2v) is 3.02. The molecule has 0 aromatic carbocycles. The number of hydrogen-bond acceptors (Lipinski definition) is 2.